The van der Waals surface area contributed by atoms with Crippen LogP contribution >= 0.6 is 35.8 Å². The van der Waals surface area contributed by atoms with E-state index in [1.54, 1.807) is 12.1 Å². The quantitative estimate of drug-likeness (QED) is 0.538. The van der Waals surface area contributed by atoms with E-state index in [0.717, 1.165) is 10.0 Å². The molecule has 0 aromatic carbocycles. The standard InChI is InChI=1S/C6H2N2S3/c9-3-7-5-1-2-6(11-5)8-4-10/h1-2H. The lowest BCUT2D eigenvalue weighted by atomic mass is 10.6. The lowest BCUT2D eigenvalue weighted by Crippen LogP contribution is -1.42. The second-order valence-corrected chi connectivity index (χ2v) is 2.92. The maximum absolute atomic E-state index is 4.43. The van der Waals surface area contributed by atoms with Gasteiger partial charge in [-0.1, -0.05) is 11.3 Å². The van der Waals surface area contributed by atoms with Crippen molar-refractivity contribution in [1.29, 1.82) is 0 Å². The van der Waals surface area contributed by atoms with Crippen LogP contribution < -0.4 is 0 Å². The van der Waals surface area contributed by atoms with Crippen molar-refractivity contribution in [1.82, 2.24) is 0 Å². The minimum atomic E-state index is 0.781. The van der Waals surface area contributed by atoms with Crippen molar-refractivity contribution in [2.75, 3.05) is 0 Å². The Morgan fingerprint density at radius 2 is 1.55 bits per heavy atom. The summed E-state index contributed by atoms with van der Waals surface area (Å²) < 4.78 is 0. The van der Waals surface area contributed by atoms with Crippen LogP contribution in [0.4, 0.5) is 10.0 Å². The van der Waals surface area contributed by atoms with Crippen LogP contribution in [0.25, 0.3) is 0 Å². The molecular weight excluding hydrogens is 196 g/mol. The number of nitrogens with zero attached hydrogens (tertiary/aromatic N) is 2. The zero-order valence-corrected chi connectivity index (χ0v) is 7.72. The highest BCUT2D eigenvalue weighted by atomic mass is 32.1. The molecule has 1 aromatic rings. The average Bonchev–Trinajstić information content (AvgIpc) is 2.38. The normalized spacial score (nSPS) is 8.00. The van der Waals surface area contributed by atoms with Gasteiger partial charge in [0.05, 0.1) is 10.3 Å². The monoisotopic (exact) mass is 198 g/mol. The van der Waals surface area contributed by atoms with Crippen LogP contribution in [0.1, 0.15) is 0 Å². The summed E-state index contributed by atoms with van der Waals surface area (Å²) in [5, 5.41) is 6.10. The molecule has 5 heteroatoms. The predicted molar refractivity (Wildman–Crippen MR) is 53.7 cm³/mol. The highest BCUT2D eigenvalue weighted by Gasteiger charge is 1.93. The van der Waals surface area contributed by atoms with E-state index in [1.807, 2.05) is 0 Å². The van der Waals surface area contributed by atoms with Crippen LogP contribution in [-0.4, -0.2) is 10.3 Å². The molecule has 0 aliphatic rings. The summed E-state index contributed by atoms with van der Waals surface area (Å²) in [5.74, 6) is 0. The molecule has 0 spiro atoms. The van der Waals surface area contributed by atoms with Crippen molar-refractivity contribution in [3.8, 4) is 0 Å². The van der Waals surface area contributed by atoms with Gasteiger partial charge in [-0.2, -0.15) is 9.98 Å². The summed E-state index contributed by atoms with van der Waals surface area (Å²) in [6, 6.07) is 3.60. The largest absolute Gasteiger partial charge is 0.184 e. The Morgan fingerprint density at radius 3 is 1.91 bits per heavy atom. The fraction of sp³-hybridized carbons (Fsp3) is 0. The van der Waals surface area contributed by atoms with Crippen molar-refractivity contribution in [3.05, 3.63) is 12.1 Å². The minimum Gasteiger partial charge on any atom is -0.184 e. The minimum absolute atomic E-state index is 0.781. The van der Waals surface area contributed by atoms with Gasteiger partial charge in [0.1, 0.15) is 10.0 Å². The zero-order chi connectivity index (χ0) is 8.10. The molecule has 0 saturated heterocycles. The molecule has 0 aliphatic carbocycles. The number of aliphatic imine (C=N–C) groups is 2. The van der Waals surface area contributed by atoms with E-state index in [2.05, 4.69) is 44.7 Å². The van der Waals surface area contributed by atoms with E-state index in [4.69, 9.17) is 0 Å². The molecule has 1 rings (SSSR count). The summed E-state index contributed by atoms with van der Waals surface area (Å²) in [4.78, 5) is 7.54. The van der Waals surface area contributed by atoms with Gasteiger partial charge in [0.2, 0.25) is 0 Å². The molecule has 0 atom stereocenters. The van der Waals surface area contributed by atoms with Crippen LogP contribution in [0.15, 0.2) is 22.1 Å². The Kier molecular flexibility index (Phi) is 3.23. The molecule has 0 radical (unpaired) electrons. The molecule has 1 heterocycles. The van der Waals surface area contributed by atoms with Crippen molar-refractivity contribution in [2.45, 2.75) is 0 Å². The average molecular weight is 198 g/mol. The van der Waals surface area contributed by atoms with Gasteiger partial charge in [0.15, 0.2) is 0 Å². The van der Waals surface area contributed by atoms with Gasteiger partial charge in [-0.25, -0.2) is 0 Å². The summed E-state index contributed by atoms with van der Waals surface area (Å²) in [6.45, 7) is 0. The van der Waals surface area contributed by atoms with E-state index in [1.165, 1.54) is 11.3 Å². The molecule has 0 amide bonds. The second kappa shape index (κ2) is 4.23. The fourth-order valence-corrected chi connectivity index (χ4v) is 1.51. The number of rotatable bonds is 2. The van der Waals surface area contributed by atoms with Gasteiger partial charge in [-0.05, 0) is 36.6 Å². The van der Waals surface area contributed by atoms with E-state index in [-0.39, 0.29) is 0 Å². The Labute approximate surface area is 78.3 Å². The number of thiophene rings is 1. The maximum Gasteiger partial charge on any atom is 0.129 e. The number of isothiocyanates is 2. The summed E-state index contributed by atoms with van der Waals surface area (Å²) in [7, 11) is 0. The first-order chi connectivity index (χ1) is 5.36. The van der Waals surface area contributed by atoms with Gasteiger partial charge in [0, 0.05) is 0 Å². The molecule has 1 aromatic heterocycles. The molecule has 0 fully saturated rings. The Hall–Kier alpha value is -0.700. The van der Waals surface area contributed by atoms with Crippen molar-refractivity contribution in [2.24, 2.45) is 9.98 Å². The zero-order valence-electron chi connectivity index (χ0n) is 5.27. The first kappa shape index (κ1) is 8.40. The van der Waals surface area contributed by atoms with E-state index < -0.39 is 0 Å². The third kappa shape index (κ3) is 2.42. The lowest BCUT2D eigenvalue weighted by Gasteiger charge is -1.75. The molecule has 11 heavy (non-hydrogen) atoms. The van der Waals surface area contributed by atoms with E-state index >= 15 is 0 Å². The molecule has 0 bridgehead atoms. The molecule has 0 unspecified atom stereocenters. The fourth-order valence-electron chi connectivity index (χ4n) is 0.528. The van der Waals surface area contributed by atoms with Gasteiger partial charge >= 0.3 is 0 Å². The van der Waals surface area contributed by atoms with Gasteiger partial charge in [0.25, 0.3) is 0 Å². The van der Waals surface area contributed by atoms with E-state index in [0.29, 0.717) is 0 Å². The van der Waals surface area contributed by atoms with Crippen molar-refractivity contribution >= 4 is 56.1 Å². The lowest BCUT2D eigenvalue weighted by molar-refractivity contribution is 1.66. The molecule has 2 nitrogen and oxygen atoms in total. The van der Waals surface area contributed by atoms with Crippen LogP contribution in [-0.2, 0) is 0 Å². The van der Waals surface area contributed by atoms with Crippen LogP contribution in [0.5, 0.6) is 0 Å². The summed E-state index contributed by atoms with van der Waals surface area (Å²) >= 11 is 10.3. The first-order valence-electron chi connectivity index (χ1n) is 2.62. The highest BCUT2D eigenvalue weighted by molar-refractivity contribution is 7.78. The molecule has 0 aliphatic heterocycles. The van der Waals surface area contributed by atoms with Crippen molar-refractivity contribution in [3.63, 3.8) is 0 Å². The van der Waals surface area contributed by atoms with E-state index in [9.17, 15) is 0 Å². The smallest absolute Gasteiger partial charge is 0.129 e. The van der Waals surface area contributed by atoms with Crippen molar-refractivity contribution < 1.29 is 0 Å². The van der Waals surface area contributed by atoms with Gasteiger partial charge in [-0.15, -0.1) is 0 Å². The van der Waals surface area contributed by atoms with Gasteiger partial charge in [-0.3, -0.25) is 0 Å². The summed E-state index contributed by atoms with van der Waals surface area (Å²) in [6.07, 6.45) is 0. The molecule has 0 N–H and O–H groups in total. The maximum atomic E-state index is 4.43. The second-order valence-electron chi connectivity index (χ2n) is 1.52. The number of hydrogen-bond donors (Lipinski definition) is 0. The SMILES string of the molecule is S=C=Nc1ccc(N=C=S)s1. The van der Waals surface area contributed by atoms with Crippen LogP contribution in [0, 0.1) is 0 Å². The Morgan fingerprint density at radius 1 is 1.09 bits per heavy atom. The first-order valence-corrected chi connectivity index (χ1v) is 4.25. The van der Waals surface area contributed by atoms with Crippen LogP contribution in [0.3, 0.4) is 0 Å². The third-order valence-electron chi connectivity index (χ3n) is 0.889. The molecular formula is C6H2N2S3. The molecule has 0 saturated carbocycles. The number of hydrogen-bond acceptors (Lipinski definition) is 5. The Balaban J connectivity index is 2.98. The number of thiocarbonyl (C=S) groups is 2. The Bertz CT molecular complexity index is 310. The highest BCUT2D eigenvalue weighted by Crippen LogP contribution is 2.30. The third-order valence-corrected chi connectivity index (χ3v) is 1.94. The summed E-state index contributed by atoms with van der Waals surface area (Å²) in [5.41, 5.74) is 0. The predicted octanol–water partition coefficient (Wildman–Crippen LogP) is 3.22. The van der Waals surface area contributed by atoms with Crippen LogP contribution in [0.2, 0.25) is 0 Å². The molecule has 54 valence electrons. The van der Waals surface area contributed by atoms with Gasteiger partial charge < -0.3 is 0 Å². The topological polar surface area (TPSA) is 24.7 Å².